The number of aromatic nitrogens is 1. The molecule has 1 aromatic heterocycles. The molecule has 0 atom stereocenters. The molecule has 0 aliphatic heterocycles. The largest absolute Gasteiger partial charge is 0.309 e. The quantitative estimate of drug-likeness (QED) is 0.148. The van der Waals surface area contributed by atoms with Crippen LogP contribution in [0.15, 0.2) is 231 Å². The summed E-state index contributed by atoms with van der Waals surface area (Å²) >= 11 is 0. The number of hydrogen-bond acceptors (Lipinski definition) is 1. The molecule has 0 aliphatic rings. The van der Waals surface area contributed by atoms with Crippen LogP contribution in [0.25, 0.3) is 82.8 Å². The molecule has 11 rings (SSSR count). The lowest BCUT2D eigenvalue weighted by Crippen LogP contribution is -2.17. The third-order valence-corrected chi connectivity index (χ3v) is 13.7. The highest BCUT2D eigenvalue weighted by atomic mass is 15.2. The van der Waals surface area contributed by atoms with E-state index < -0.39 is 0 Å². The summed E-state index contributed by atoms with van der Waals surface area (Å²) in [5, 5.41) is 4.90. The Balaban J connectivity index is 1.24. The van der Waals surface area contributed by atoms with Gasteiger partial charge < -0.3 is 9.47 Å². The standard InChI is InChI=1S/C66H56N2/c1-65(2,3)48-42-47(43-49(44-48)66(4,5)6)51-30-13-17-38-59(51)68(61-40-19-14-31-53(61)56-35-22-27-46-26-21-34-52(63(46)56)45-24-9-7-10-25-45)62-41-20-16-33-55(62)58-37-23-36-57-54-32-15-18-39-60(54)67(64(57)58)50-28-11-8-12-29-50/h7-44H,1-6H3. The maximum atomic E-state index is 2.55. The van der Waals surface area contributed by atoms with E-state index in [0.29, 0.717) is 0 Å². The third kappa shape index (κ3) is 7.57. The minimum atomic E-state index is -0.0510. The van der Waals surface area contributed by atoms with Gasteiger partial charge in [0.1, 0.15) is 0 Å². The van der Waals surface area contributed by atoms with Gasteiger partial charge in [-0.05, 0) is 91.4 Å². The van der Waals surface area contributed by atoms with Gasteiger partial charge in [0, 0.05) is 38.7 Å². The topological polar surface area (TPSA) is 8.17 Å². The molecule has 330 valence electrons. The summed E-state index contributed by atoms with van der Waals surface area (Å²) in [6.45, 7) is 14.0. The van der Waals surface area contributed by atoms with Crippen molar-refractivity contribution < 1.29 is 0 Å². The maximum Gasteiger partial charge on any atom is 0.0620 e. The Morgan fingerprint density at radius 2 is 0.794 bits per heavy atom. The maximum absolute atomic E-state index is 2.55. The van der Waals surface area contributed by atoms with Crippen LogP contribution in [-0.4, -0.2) is 4.57 Å². The average molecular weight is 877 g/mol. The van der Waals surface area contributed by atoms with E-state index in [1.54, 1.807) is 0 Å². The fourth-order valence-corrected chi connectivity index (χ4v) is 10.2. The molecule has 0 radical (unpaired) electrons. The number of fused-ring (bicyclic) bond motifs is 4. The Labute approximate surface area is 401 Å². The zero-order chi connectivity index (χ0) is 46.6. The lowest BCUT2D eigenvalue weighted by Gasteiger charge is -2.32. The molecule has 0 saturated heterocycles. The van der Waals surface area contributed by atoms with Gasteiger partial charge in [0.05, 0.1) is 28.1 Å². The second-order valence-corrected chi connectivity index (χ2v) is 20.2. The zero-order valence-corrected chi connectivity index (χ0v) is 39.8. The van der Waals surface area contributed by atoms with Gasteiger partial charge in [-0.2, -0.15) is 0 Å². The second kappa shape index (κ2) is 17.0. The summed E-state index contributed by atoms with van der Waals surface area (Å²) in [4.78, 5) is 2.55. The Morgan fingerprint density at radius 1 is 0.338 bits per heavy atom. The van der Waals surface area contributed by atoms with Gasteiger partial charge >= 0.3 is 0 Å². The van der Waals surface area contributed by atoms with Crippen molar-refractivity contribution in [2.45, 2.75) is 52.4 Å². The van der Waals surface area contributed by atoms with Gasteiger partial charge in [-0.15, -0.1) is 0 Å². The van der Waals surface area contributed by atoms with Crippen LogP contribution in [0, 0.1) is 0 Å². The molecule has 0 spiro atoms. The number of nitrogens with zero attached hydrogens (tertiary/aromatic N) is 2. The molecule has 10 aromatic carbocycles. The monoisotopic (exact) mass is 876 g/mol. The number of para-hydroxylation sites is 6. The van der Waals surface area contributed by atoms with E-state index >= 15 is 0 Å². The summed E-state index contributed by atoms with van der Waals surface area (Å²) in [5.74, 6) is 0. The first-order valence-electron chi connectivity index (χ1n) is 23.9. The lowest BCUT2D eigenvalue weighted by molar-refractivity contribution is 0.569. The summed E-state index contributed by atoms with van der Waals surface area (Å²) in [7, 11) is 0. The molecule has 1 heterocycles. The molecular formula is C66H56N2. The molecule has 11 aromatic rings. The normalized spacial score (nSPS) is 12.0. The fourth-order valence-electron chi connectivity index (χ4n) is 10.2. The molecule has 68 heavy (non-hydrogen) atoms. The van der Waals surface area contributed by atoms with Crippen molar-refractivity contribution in [1.82, 2.24) is 4.57 Å². The second-order valence-electron chi connectivity index (χ2n) is 20.2. The molecular weight excluding hydrogens is 821 g/mol. The molecule has 2 nitrogen and oxygen atoms in total. The van der Waals surface area contributed by atoms with Crippen molar-refractivity contribution in [3.63, 3.8) is 0 Å². The summed E-state index contributed by atoms with van der Waals surface area (Å²) < 4.78 is 2.45. The first-order valence-corrected chi connectivity index (χ1v) is 23.9. The predicted octanol–water partition coefficient (Wildman–Crippen LogP) is 18.7. The summed E-state index contributed by atoms with van der Waals surface area (Å²) in [6.07, 6.45) is 0. The van der Waals surface area contributed by atoms with Crippen molar-refractivity contribution in [3.05, 3.63) is 242 Å². The lowest BCUT2D eigenvalue weighted by atomic mass is 9.78. The Bertz CT molecular complexity index is 3600. The zero-order valence-electron chi connectivity index (χ0n) is 39.8. The first kappa shape index (κ1) is 42.7. The molecule has 0 saturated carbocycles. The third-order valence-electron chi connectivity index (χ3n) is 13.7. The van der Waals surface area contributed by atoms with Gasteiger partial charge in [0.25, 0.3) is 0 Å². The van der Waals surface area contributed by atoms with Gasteiger partial charge in [-0.3, -0.25) is 0 Å². The van der Waals surface area contributed by atoms with Crippen LogP contribution in [0.1, 0.15) is 52.7 Å². The Kier molecular flexibility index (Phi) is 10.7. The van der Waals surface area contributed by atoms with Crippen molar-refractivity contribution in [3.8, 4) is 50.2 Å². The highest BCUT2D eigenvalue weighted by molar-refractivity contribution is 6.15. The predicted molar refractivity (Wildman–Crippen MR) is 292 cm³/mol. The molecule has 0 unspecified atom stereocenters. The van der Waals surface area contributed by atoms with Crippen molar-refractivity contribution in [2.24, 2.45) is 0 Å². The van der Waals surface area contributed by atoms with Crippen LogP contribution in [-0.2, 0) is 10.8 Å². The van der Waals surface area contributed by atoms with Crippen LogP contribution >= 0.6 is 0 Å². The molecule has 0 fully saturated rings. The Morgan fingerprint density at radius 3 is 1.43 bits per heavy atom. The van der Waals surface area contributed by atoms with E-state index in [-0.39, 0.29) is 10.8 Å². The number of anilines is 3. The molecule has 0 bridgehead atoms. The van der Waals surface area contributed by atoms with Crippen LogP contribution in [0.2, 0.25) is 0 Å². The van der Waals surface area contributed by atoms with Gasteiger partial charge in [0.2, 0.25) is 0 Å². The van der Waals surface area contributed by atoms with E-state index in [1.165, 1.54) is 77.1 Å². The molecule has 2 heteroatoms. The van der Waals surface area contributed by atoms with Crippen molar-refractivity contribution in [2.75, 3.05) is 4.90 Å². The highest BCUT2D eigenvalue weighted by Crippen LogP contribution is 2.51. The van der Waals surface area contributed by atoms with Crippen LogP contribution < -0.4 is 4.90 Å². The summed E-state index contributed by atoms with van der Waals surface area (Å²) in [6, 6.07) is 85.2. The molecule has 0 aliphatic carbocycles. The van der Waals surface area contributed by atoms with Crippen molar-refractivity contribution in [1.29, 1.82) is 0 Å². The van der Waals surface area contributed by atoms with E-state index in [1.807, 2.05) is 0 Å². The van der Waals surface area contributed by atoms with Crippen molar-refractivity contribution >= 4 is 49.6 Å². The molecule has 0 amide bonds. The van der Waals surface area contributed by atoms with Gasteiger partial charge in [-0.1, -0.05) is 236 Å². The average Bonchev–Trinajstić information content (AvgIpc) is 3.71. The minimum absolute atomic E-state index is 0.0510. The Hall–Kier alpha value is -7.94. The highest BCUT2D eigenvalue weighted by Gasteiger charge is 2.28. The first-order chi connectivity index (χ1) is 33.0. The smallest absolute Gasteiger partial charge is 0.0620 e. The van der Waals surface area contributed by atoms with Crippen LogP contribution in [0.5, 0.6) is 0 Å². The fraction of sp³-hybridized carbons (Fsp3) is 0.121. The van der Waals surface area contributed by atoms with E-state index in [9.17, 15) is 0 Å². The number of rotatable bonds is 8. The summed E-state index contributed by atoms with van der Waals surface area (Å²) in [5.41, 5.74) is 18.8. The SMILES string of the molecule is CC(C)(C)c1cc(-c2ccccc2N(c2ccccc2-c2cccc3cccc(-c4ccccc4)c23)c2ccccc2-c2cccc3c4ccccc4n(-c4ccccc4)c23)cc(C(C)(C)C)c1. The minimum Gasteiger partial charge on any atom is -0.309 e. The van der Waals surface area contributed by atoms with E-state index in [0.717, 1.165) is 33.9 Å². The number of benzene rings is 10. The van der Waals surface area contributed by atoms with E-state index in [2.05, 4.69) is 282 Å². The molecule has 0 N–H and O–H groups in total. The van der Waals surface area contributed by atoms with Gasteiger partial charge in [-0.25, -0.2) is 0 Å². The van der Waals surface area contributed by atoms with Gasteiger partial charge in [0.15, 0.2) is 0 Å². The van der Waals surface area contributed by atoms with Crippen LogP contribution in [0.3, 0.4) is 0 Å². The van der Waals surface area contributed by atoms with Crippen LogP contribution in [0.4, 0.5) is 17.1 Å². The number of hydrogen-bond donors (Lipinski definition) is 0. The van der Waals surface area contributed by atoms with E-state index in [4.69, 9.17) is 0 Å².